The fourth-order valence-corrected chi connectivity index (χ4v) is 3.43. The summed E-state index contributed by atoms with van der Waals surface area (Å²) in [5.74, 6) is -1.08. The molecule has 0 aromatic rings. The number of hydrogen-bond donors (Lipinski definition) is 2. The number of rotatable bonds is 12. The van der Waals surface area contributed by atoms with Gasteiger partial charge in [0, 0.05) is 24.7 Å². The molecule has 0 heterocycles. The molecule has 0 aromatic carbocycles. The number of halogens is 2. The first-order chi connectivity index (χ1) is 12.9. The Bertz CT molecular complexity index is 481. The van der Waals surface area contributed by atoms with Gasteiger partial charge in [-0.1, -0.05) is 44.1 Å². The maximum Gasteiger partial charge on any atom is 0.305 e. The Balaban J connectivity index is 2.51. The molecule has 0 aliphatic heterocycles. The van der Waals surface area contributed by atoms with Crippen LogP contribution in [0.15, 0.2) is 24.3 Å². The van der Waals surface area contributed by atoms with E-state index in [1.54, 1.807) is 6.08 Å². The summed E-state index contributed by atoms with van der Waals surface area (Å²) >= 11 is 0. The van der Waals surface area contributed by atoms with E-state index in [9.17, 15) is 23.8 Å². The molecule has 1 aliphatic carbocycles. The third-order valence-electron chi connectivity index (χ3n) is 5.16. The first kappa shape index (κ1) is 23.8. The zero-order valence-electron chi connectivity index (χ0n) is 16.4. The van der Waals surface area contributed by atoms with Gasteiger partial charge in [0.05, 0.1) is 13.2 Å². The average molecular weight is 388 g/mol. The summed E-state index contributed by atoms with van der Waals surface area (Å²) in [5, 5.41) is 20.0. The van der Waals surface area contributed by atoms with Crippen LogP contribution in [0.4, 0.5) is 8.78 Å². The Morgan fingerprint density at radius 1 is 1.33 bits per heavy atom. The Labute approximate surface area is 161 Å². The maximum absolute atomic E-state index is 14.2. The lowest BCUT2D eigenvalue weighted by atomic mass is 9.89. The first-order valence-corrected chi connectivity index (χ1v) is 9.95. The van der Waals surface area contributed by atoms with E-state index in [1.807, 2.05) is 19.1 Å². The van der Waals surface area contributed by atoms with E-state index in [1.165, 1.54) is 13.2 Å². The predicted octanol–water partition coefficient (Wildman–Crippen LogP) is 4.06. The molecule has 0 aromatic heterocycles. The summed E-state index contributed by atoms with van der Waals surface area (Å²) in [6.07, 6.45) is 6.25. The van der Waals surface area contributed by atoms with E-state index in [2.05, 4.69) is 4.74 Å². The van der Waals surface area contributed by atoms with E-state index < -0.39 is 36.4 Å². The number of unbranched alkanes of at least 4 members (excludes halogenated alkanes) is 2. The van der Waals surface area contributed by atoms with Crippen molar-refractivity contribution in [2.75, 3.05) is 7.11 Å². The van der Waals surface area contributed by atoms with Crippen LogP contribution in [-0.2, 0) is 9.53 Å². The Kier molecular flexibility index (Phi) is 11.4. The monoisotopic (exact) mass is 388 g/mol. The Morgan fingerprint density at radius 2 is 2.07 bits per heavy atom. The summed E-state index contributed by atoms with van der Waals surface area (Å²) < 4.78 is 32.7. The standard InChI is InChI=1S/C21H34F2O4/c1-3-4-10-17(22)19(24)13-12-16-15(18(23)14-20(16)25)9-7-5-6-8-11-21(26)27-2/h5,7,12-13,15-20,24-25H,3-4,6,8-11,14H2,1-2H3/b7-5-,13-12+/t15-,16-,17?,18+,19-,20-/m1/s1. The van der Waals surface area contributed by atoms with Crippen LogP contribution in [0.2, 0.25) is 0 Å². The summed E-state index contributed by atoms with van der Waals surface area (Å²) in [6, 6.07) is 0. The second kappa shape index (κ2) is 13.0. The lowest BCUT2D eigenvalue weighted by molar-refractivity contribution is -0.140. The summed E-state index contributed by atoms with van der Waals surface area (Å²) in [4.78, 5) is 11.0. The van der Waals surface area contributed by atoms with Crippen molar-refractivity contribution in [3.05, 3.63) is 24.3 Å². The molecule has 156 valence electrons. The van der Waals surface area contributed by atoms with Crippen LogP contribution < -0.4 is 0 Å². The largest absolute Gasteiger partial charge is 0.469 e. The van der Waals surface area contributed by atoms with Crippen LogP contribution in [-0.4, -0.2) is 47.8 Å². The third-order valence-corrected chi connectivity index (χ3v) is 5.16. The minimum absolute atomic E-state index is 0.0564. The highest BCUT2D eigenvalue weighted by atomic mass is 19.1. The molecule has 0 amide bonds. The van der Waals surface area contributed by atoms with Gasteiger partial charge in [0.2, 0.25) is 0 Å². The zero-order valence-corrected chi connectivity index (χ0v) is 16.4. The smallest absolute Gasteiger partial charge is 0.305 e. The molecular formula is C21H34F2O4. The molecule has 6 heteroatoms. The van der Waals surface area contributed by atoms with E-state index in [-0.39, 0.29) is 12.4 Å². The van der Waals surface area contributed by atoms with Crippen LogP contribution >= 0.6 is 0 Å². The first-order valence-electron chi connectivity index (χ1n) is 9.95. The highest BCUT2D eigenvalue weighted by molar-refractivity contribution is 5.69. The number of aliphatic hydroxyl groups excluding tert-OH is 2. The van der Waals surface area contributed by atoms with E-state index >= 15 is 0 Å². The second-order valence-corrected chi connectivity index (χ2v) is 7.27. The molecule has 0 bridgehead atoms. The third kappa shape index (κ3) is 8.52. The predicted molar refractivity (Wildman–Crippen MR) is 102 cm³/mol. The summed E-state index contributed by atoms with van der Waals surface area (Å²) in [7, 11) is 1.35. The fraction of sp³-hybridized carbons (Fsp3) is 0.762. The number of carbonyl (C=O) groups excluding carboxylic acids is 1. The van der Waals surface area contributed by atoms with Crippen LogP contribution in [0.5, 0.6) is 0 Å². The van der Waals surface area contributed by atoms with Gasteiger partial charge in [-0.05, 0) is 25.7 Å². The lowest BCUT2D eigenvalue weighted by Gasteiger charge is -2.19. The molecule has 1 unspecified atom stereocenters. The van der Waals surface area contributed by atoms with Crippen molar-refractivity contribution >= 4 is 5.97 Å². The van der Waals surface area contributed by atoms with Crippen LogP contribution in [0, 0.1) is 11.8 Å². The van der Waals surface area contributed by atoms with Crippen molar-refractivity contribution in [1.29, 1.82) is 0 Å². The van der Waals surface area contributed by atoms with Gasteiger partial charge in [-0.3, -0.25) is 4.79 Å². The normalized spacial score (nSPS) is 28.1. The van der Waals surface area contributed by atoms with E-state index in [0.29, 0.717) is 38.5 Å². The molecule has 1 fully saturated rings. The fourth-order valence-electron chi connectivity index (χ4n) is 3.43. The molecule has 1 rings (SSSR count). The van der Waals surface area contributed by atoms with Gasteiger partial charge < -0.3 is 14.9 Å². The highest BCUT2D eigenvalue weighted by Gasteiger charge is 2.40. The minimum Gasteiger partial charge on any atom is -0.469 e. The SMILES string of the molecule is CCCCC(F)[C@H](O)/C=C/[C@@H]1[C@@H](C/C=C\CCCC(=O)OC)[C@@H](F)C[C@H]1O. The van der Waals surface area contributed by atoms with Crippen LogP contribution in [0.1, 0.15) is 58.3 Å². The van der Waals surface area contributed by atoms with Crippen molar-refractivity contribution < 1.29 is 28.5 Å². The molecule has 6 atom stereocenters. The zero-order chi connectivity index (χ0) is 20.2. The number of ether oxygens (including phenoxy) is 1. The maximum atomic E-state index is 14.2. The second-order valence-electron chi connectivity index (χ2n) is 7.27. The quantitative estimate of drug-likeness (QED) is 0.301. The van der Waals surface area contributed by atoms with Gasteiger partial charge in [-0.2, -0.15) is 0 Å². The number of methoxy groups -OCH3 is 1. The van der Waals surface area contributed by atoms with Crippen molar-refractivity contribution in [1.82, 2.24) is 0 Å². The van der Waals surface area contributed by atoms with Gasteiger partial charge in [-0.15, -0.1) is 0 Å². The number of aliphatic hydroxyl groups is 2. The van der Waals surface area contributed by atoms with Gasteiger partial charge in [0.15, 0.2) is 0 Å². The molecular weight excluding hydrogens is 354 g/mol. The van der Waals surface area contributed by atoms with Gasteiger partial charge >= 0.3 is 5.97 Å². The molecule has 4 nitrogen and oxygen atoms in total. The molecule has 1 aliphatic rings. The topological polar surface area (TPSA) is 66.8 Å². The average Bonchev–Trinajstić information content (AvgIpc) is 2.92. The lowest BCUT2D eigenvalue weighted by Crippen LogP contribution is -2.22. The highest BCUT2D eigenvalue weighted by Crippen LogP contribution is 2.38. The number of allylic oxidation sites excluding steroid dienone is 2. The van der Waals surface area contributed by atoms with Crippen LogP contribution in [0.3, 0.4) is 0 Å². The van der Waals surface area contributed by atoms with Crippen molar-refractivity contribution in [3.8, 4) is 0 Å². The number of carbonyl (C=O) groups is 1. The Hall–Kier alpha value is -1.27. The van der Waals surface area contributed by atoms with E-state index in [0.717, 1.165) is 6.42 Å². The van der Waals surface area contributed by atoms with Crippen molar-refractivity contribution in [2.24, 2.45) is 11.8 Å². The van der Waals surface area contributed by atoms with E-state index in [4.69, 9.17) is 0 Å². The molecule has 0 spiro atoms. The van der Waals surface area contributed by atoms with Crippen molar-refractivity contribution in [2.45, 2.75) is 82.8 Å². The minimum atomic E-state index is -1.34. The molecule has 1 saturated carbocycles. The summed E-state index contributed by atoms with van der Waals surface area (Å²) in [6.45, 7) is 1.96. The van der Waals surface area contributed by atoms with Gasteiger partial charge in [0.1, 0.15) is 18.4 Å². The molecule has 0 saturated heterocycles. The number of alkyl halides is 2. The molecule has 2 N–H and O–H groups in total. The summed E-state index contributed by atoms with van der Waals surface area (Å²) in [5.41, 5.74) is 0. The van der Waals surface area contributed by atoms with Gasteiger partial charge in [0.25, 0.3) is 0 Å². The van der Waals surface area contributed by atoms with Gasteiger partial charge in [-0.25, -0.2) is 8.78 Å². The van der Waals surface area contributed by atoms with Crippen molar-refractivity contribution in [3.63, 3.8) is 0 Å². The molecule has 0 radical (unpaired) electrons. The number of hydrogen-bond acceptors (Lipinski definition) is 4. The molecule has 27 heavy (non-hydrogen) atoms. The number of esters is 1. The van der Waals surface area contributed by atoms with Crippen LogP contribution in [0.25, 0.3) is 0 Å². The Morgan fingerprint density at radius 3 is 2.74 bits per heavy atom.